The highest BCUT2D eigenvalue weighted by molar-refractivity contribution is 5.93. The summed E-state index contributed by atoms with van der Waals surface area (Å²) < 4.78 is 5.65. The summed E-state index contributed by atoms with van der Waals surface area (Å²) in [6.45, 7) is 4.99. The number of nitrogens with zero attached hydrogens (tertiary/aromatic N) is 3. The highest BCUT2D eigenvalue weighted by Crippen LogP contribution is 2.35. The Morgan fingerprint density at radius 3 is 2.72 bits per heavy atom. The quantitative estimate of drug-likeness (QED) is 0.627. The molecule has 1 saturated carbocycles. The van der Waals surface area contributed by atoms with Gasteiger partial charge in [0.1, 0.15) is 5.54 Å². The fourth-order valence-corrected chi connectivity index (χ4v) is 6.28. The van der Waals surface area contributed by atoms with Crippen molar-refractivity contribution in [3.63, 3.8) is 0 Å². The van der Waals surface area contributed by atoms with E-state index in [-0.39, 0.29) is 11.8 Å². The van der Waals surface area contributed by atoms with Crippen LogP contribution < -0.4 is 5.32 Å². The molecule has 190 valence electrons. The zero-order valence-corrected chi connectivity index (χ0v) is 21.1. The molecule has 7 heteroatoms. The second-order valence-corrected chi connectivity index (χ2v) is 11.0. The van der Waals surface area contributed by atoms with Crippen molar-refractivity contribution in [2.24, 2.45) is 11.8 Å². The number of hydrogen-bond donors (Lipinski definition) is 1. The van der Waals surface area contributed by atoms with E-state index < -0.39 is 17.7 Å². The van der Waals surface area contributed by atoms with Crippen LogP contribution in [0.3, 0.4) is 0 Å². The van der Waals surface area contributed by atoms with Crippen LogP contribution in [0.15, 0.2) is 42.5 Å². The molecule has 5 rings (SSSR count). The summed E-state index contributed by atoms with van der Waals surface area (Å²) in [4.78, 5) is 30.4. The van der Waals surface area contributed by atoms with Gasteiger partial charge in [0.25, 0.3) is 5.91 Å². The largest absolute Gasteiger partial charge is 0.436 e. The van der Waals surface area contributed by atoms with E-state index in [1.807, 2.05) is 42.5 Å². The number of anilines is 1. The van der Waals surface area contributed by atoms with Crippen molar-refractivity contribution in [2.75, 3.05) is 31.5 Å². The van der Waals surface area contributed by atoms with Gasteiger partial charge in [-0.2, -0.15) is 5.26 Å². The molecule has 1 N–H and O–H groups in total. The molecular formula is C29H36N4O3. The zero-order valence-electron chi connectivity index (χ0n) is 21.1. The molecule has 36 heavy (non-hydrogen) atoms. The number of likely N-dealkylation sites (tertiary alicyclic amines) is 2. The van der Waals surface area contributed by atoms with Crippen molar-refractivity contribution in [3.8, 4) is 6.07 Å². The lowest BCUT2D eigenvalue weighted by Crippen LogP contribution is -2.60. The second kappa shape index (κ2) is 10.5. The van der Waals surface area contributed by atoms with Gasteiger partial charge in [0.2, 0.25) is 0 Å². The van der Waals surface area contributed by atoms with Crippen molar-refractivity contribution in [1.29, 1.82) is 5.26 Å². The van der Waals surface area contributed by atoms with Gasteiger partial charge in [-0.15, -0.1) is 0 Å². The lowest BCUT2D eigenvalue weighted by molar-refractivity contribution is -0.151. The fraction of sp³-hybridized carbons (Fsp3) is 0.552. The van der Waals surface area contributed by atoms with Gasteiger partial charge in [0.05, 0.1) is 6.07 Å². The molecule has 2 aliphatic heterocycles. The van der Waals surface area contributed by atoms with E-state index in [4.69, 9.17) is 4.74 Å². The molecule has 2 aromatic rings. The first kappa shape index (κ1) is 24.6. The van der Waals surface area contributed by atoms with Crippen molar-refractivity contribution < 1.29 is 14.3 Å². The van der Waals surface area contributed by atoms with Gasteiger partial charge in [0, 0.05) is 31.9 Å². The highest BCUT2D eigenvalue weighted by atomic mass is 16.6. The summed E-state index contributed by atoms with van der Waals surface area (Å²) in [6, 6.07) is 16.1. The maximum absolute atomic E-state index is 13.5. The Kier molecular flexibility index (Phi) is 7.15. The summed E-state index contributed by atoms with van der Waals surface area (Å²) in [7, 11) is 0. The Morgan fingerprint density at radius 1 is 1.17 bits per heavy atom. The van der Waals surface area contributed by atoms with Gasteiger partial charge in [-0.1, -0.05) is 56.5 Å². The minimum Gasteiger partial charge on any atom is -0.436 e. The third-order valence-electron chi connectivity index (χ3n) is 8.19. The molecule has 3 atom stereocenters. The second-order valence-electron chi connectivity index (χ2n) is 11.0. The number of rotatable bonds is 5. The first-order valence-electron chi connectivity index (χ1n) is 13.4. The molecule has 0 bridgehead atoms. The highest BCUT2D eigenvalue weighted by Gasteiger charge is 2.50. The van der Waals surface area contributed by atoms with E-state index in [0.29, 0.717) is 37.5 Å². The van der Waals surface area contributed by atoms with E-state index in [1.54, 1.807) is 4.90 Å². The van der Waals surface area contributed by atoms with E-state index in [0.717, 1.165) is 23.9 Å². The standard InChI is InChI=1S/C29H36N4O3/c1-21-15-26(36-28(35)31-25-12-11-23-9-5-6-10-24(23)16-25)27(34)33(17-21)29(19-30)13-14-32(20-29)18-22-7-3-2-4-8-22/h5-6,9-12,16,21-22,26H,2-4,7-8,13-15,17-18,20H2,1H3,(H,31,35). The van der Waals surface area contributed by atoms with Gasteiger partial charge in [-0.3, -0.25) is 15.0 Å². The number of piperidine rings is 1. The Bertz CT molecular complexity index is 1150. The average molecular weight is 489 g/mol. The van der Waals surface area contributed by atoms with E-state index in [1.165, 1.54) is 32.1 Å². The van der Waals surface area contributed by atoms with Crippen molar-refractivity contribution in [1.82, 2.24) is 9.80 Å². The number of carbonyl (C=O) groups is 2. The van der Waals surface area contributed by atoms with Crippen LogP contribution >= 0.6 is 0 Å². The molecule has 2 amide bonds. The maximum atomic E-state index is 13.5. The molecule has 2 aromatic carbocycles. The number of benzene rings is 2. The predicted octanol–water partition coefficient (Wildman–Crippen LogP) is 5.17. The molecule has 2 saturated heterocycles. The summed E-state index contributed by atoms with van der Waals surface area (Å²) in [5, 5.41) is 15.1. The number of carbonyl (C=O) groups excluding carboxylic acids is 2. The summed E-state index contributed by atoms with van der Waals surface area (Å²) in [6.07, 6.45) is 6.03. The molecule has 0 radical (unpaired) electrons. The Hall–Kier alpha value is -3.11. The number of amides is 2. The smallest absolute Gasteiger partial charge is 0.412 e. The Labute approximate surface area is 213 Å². The molecule has 3 unspecified atom stereocenters. The first-order chi connectivity index (χ1) is 17.5. The van der Waals surface area contributed by atoms with Crippen LogP contribution in [0, 0.1) is 23.2 Å². The van der Waals surface area contributed by atoms with Crippen LogP contribution in [0.1, 0.15) is 51.9 Å². The number of nitriles is 1. The van der Waals surface area contributed by atoms with Gasteiger partial charge in [-0.05, 0) is 60.4 Å². The molecular weight excluding hydrogens is 452 g/mol. The minimum absolute atomic E-state index is 0.138. The van der Waals surface area contributed by atoms with Crippen LogP contribution in [-0.2, 0) is 9.53 Å². The summed E-state index contributed by atoms with van der Waals surface area (Å²) in [5.74, 6) is 0.584. The topological polar surface area (TPSA) is 85.7 Å². The SMILES string of the molecule is CC1CC(OC(=O)Nc2ccc3ccccc3c2)C(=O)N(C2(C#N)CCN(CC3CCCCC3)C2)C1. The molecule has 3 aliphatic rings. The van der Waals surface area contributed by atoms with Crippen LogP contribution in [-0.4, -0.2) is 59.6 Å². The molecule has 0 spiro atoms. The van der Waals surface area contributed by atoms with E-state index in [9.17, 15) is 14.9 Å². The molecule has 0 aromatic heterocycles. The number of ether oxygens (including phenoxy) is 1. The summed E-state index contributed by atoms with van der Waals surface area (Å²) >= 11 is 0. The van der Waals surface area contributed by atoms with Gasteiger partial charge in [-0.25, -0.2) is 4.79 Å². The molecule has 7 nitrogen and oxygen atoms in total. The van der Waals surface area contributed by atoms with Crippen molar-refractivity contribution in [2.45, 2.75) is 63.5 Å². The zero-order chi connectivity index (χ0) is 25.1. The van der Waals surface area contributed by atoms with Crippen LogP contribution in [0.4, 0.5) is 10.5 Å². The minimum atomic E-state index is -0.883. The van der Waals surface area contributed by atoms with Crippen molar-refractivity contribution >= 4 is 28.5 Å². The summed E-state index contributed by atoms with van der Waals surface area (Å²) in [5.41, 5.74) is -0.230. The first-order valence-corrected chi connectivity index (χ1v) is 13.4. The number of hydrogen-bond acceptors (Lipinski definition) is 5. The normalized spacial score (nSPS) is 27.7. The van der Waals surface area contributed by atoms with Crippen LogP contribution in [0.2, 0.25) is 0 Å². The molecule has 2 heterocycles. The third-order valence-corrected chi connectivity index (χ3v) is 8.19. The third kappa shape index (κ3) is 5.19. The van der Waals surface area contributed by atoms with Gasteiger partial charge in [0.15, 0.2) is 6.10 Å². The van der Waals surface area contributed by atoms with Crippen LogP contribution in [0.25, 0.3) is 10.8 Å². The lowest BCUT2D eigenvalue weighted by atomic mass is 9.88. The average Bonchev–Trinajstić information content (AvgIpc) is 3.30. The number of nitrogens with one attached hydrogen (secondary N) is 1. The Balaban J connectivity index is 1.24. The fourth-order valence-electron chi connectivity index (χ4n) is 6.28. The predicted molar refractivity (Wildman–Crippen MR) is 139 cm³/mol. The number of fused-ring (bicyclic) bond motifs is 1. The van der Waals surface area contributed by atoms with Crippen molar-refractivity contribution in [3.05, 3.63) is 42.5 Å². The van der Waals surface area contributed by atoms with Gasteiger partial charge >= 0.3 is 6.09 Å². The Morgan fingerprint density at radius 2 is 1.94 bits per heavy atom. The molecule has 3 fully saturated rings. The monoisotopic (exact) mass is 488 g/mol. The van der Waals surface area contributed by atoms with Gasteiger partial charge < -0.3 is 9.64 Å². The lowest BCUT2D eigenvalue weighted by Gasteiger charge is -2.43. The molecule has 1 aliphatic carbocycles. The van der Waals surface area contributed by atoms with Crippen LogP contribution in [0.5, 0.6) is 0 Å². The van der Waals surface area contributed by atoms with E-state index >= 15 is 0 Å². The maximum Gasteiger partial charge on any atom is 0.412 e. The van der Waals surface area contributed by atoms with E-state index in [2.05, 4.69) is 23.2 Å².